The van der Waals surface area contributed by atoms with Crippen molar-refractivity contribution >= 4 is 23.4 Å². The van der Waals surface area contributed by atoms with E-state index in [0.717, 1.165) is 0 Å². The van der Waals surface area contributed by atoms with Crippen molar-refractivity contribution in [2.24, 2.45) is 0 Å². The van der Waals surface area contributed by atoms with Gasteiger partial charge in [0.2, 0.25) is 0 Å². The summed E-state index contributed by atoms with van der Waals surface area (Å²) in [5, 5.41) is -0.0423. The molecule has 0 bridgehead atoms. The highest BCUT2D eigenvalue weighted by Crippen LogP contribution is 2.25. The molecule has 0 radical (unpaired) electrons. The van der Waals surface area contributed by atoms with E-state index in [-0.39, 0.29) is 22.2 Å². The predicted octanol–water partition coefficient (Wildman–Crippen LogP) is 2.61. The molecular formula is C13H11ClFN3O2. The molecule has 0 amide bonds. The Morgan fingerprint density at radius 3 is 2.65 bits per heavy atom. The minimum Gasteiger partial charge on any atom is -0.465 e. The van der Waals surface area contributed by atoms with Gasteiger partial charge < -0.3 is 10.5 Å². The Morgan fingerprint density at radius 2 is 2.10 bits per heavy atom. The van der Waals surface area contributed by atoms with Gasteiger partial charge in [0.05, 0.1) is 17.8 Å². The van der Waals surface area contributed by atoms with Crippen LogP contribution in [0.3, 0.4) is 0 Å². The molecule has 5 nitrogen and oxygen atoms in total. The Kier molecular flexibility index (Phi) is 3.85. The second-order valence-electron chi connectivity index (χ2n) is 4.01. The molecule has 0 unspecified atom stereocenters. The number of rotatable bonds is 2. The van der Waals surface area contributed by atoms with Crippen molar-refractivity contribution in [1.82, 2.24) is 9.97 Å². The van der Waals surface area contributed by atoms with Crippen molar-refractivity contribution in [3.05, 3.63) is 40.3 Å². The topological polar surface area (TPSA) is 78.1 Å². The summed E-state index contributed by atoms with van der Waals surface area (Å²) >= 11 is 5.71. The highest BCUT2D eigenvalue weighted by atomic mass is 35.5. The summed E-state index contributed by atoms with van der Waals surface area (Å²) in [5.41, 5.74) is 6.74. The largest absolute Gasteiger partial charge is 0.465 e. The van der Waals surface area contributed by atoms with Crippen LogP contribution in [0.5, 0.6) is 0 Å². The maximum atomic E-state index is 13.1. The summed E-state index contributed by atoms with van der Waals surface area (Å²) in [7, 11) is 1.24. The number of halogens is 2. The molecule has 0 aliphatic rings. The maximum Gasteiger partial charge on any atom is 0.343 e. The first-order valence-corrected chi connectivity index (χ1v) is 5.99. The number of ether oxygens (including phenoxy) is 1. The van der Waals surface area contributed by atoms with Crippen LogP contribution in [-0.2, 0) is 4.74 Å². The van der Waals surface area contributed by atoms with Crippen molar-refractivity contribution in [2.45, 2.75) is 6.92 Å². The van der Waals surface area contributed by atoms with E-state index in [9.17, 15) is 9.18 Å². The van der Waals surface area contributed by atoms with Crippen LogP contribution in [-0.4, -0.2) is 23.0 Å². The predicted molar refractivity (Wildman–Crippen MR) is 72.9 cm³/mol. The molecule has 20 heavy (non-hydrogen) atoms. The second kappa shape index (κ2) is 5.42. The van der Waals surface area contributed by atoms with Crippen LogP contribution < -0.4 is 5.73 Å². The molecular weight excluding hydrogens is 285 g/mol. The van der Waals surface area contributed by atoms with Crippen molar-refractivity contribution in [2.75, 3.05) is 12.8 Å². The summed E-state index contributed by atoms with van der Waals surface area (Å²) in [6.45, 7) is 1.61. The van der Waals surface area contributed by atoms with Gasteiger partial charge in [-0.25, -0.2) is 19.2 Å². The minimum absolute atomic E-state index is 0.000188. The molecule has 1 aromatic heterocycles. The van der Waals surface area contributed by atoms with E-state index in [2.05, 4.69) is 14.7 Å². The van der Waals surface area contributed by atoms with Gasteiger partial charge in [-0.2, -0.15) is 0 Å². The zero-order chi connectivity index (χ0) is 14.9. The van der Waals surface area contributed by atoms with Crippen LogP contribution in [0.25, 0.3) is 11.4 Å². The summed E-state index contributed by atoms with van der Waals surface area (Å²) < 4.78 is 17.7. The number of carbonyl (C=O) groups is 1. The van der Waals surface area contributed by atoms with Crippen LogP contribution in [0.4, 0.5) is 10.2 Å². The van der Waals surface area contributed by atoms with E-state index in [4.69, 9.17) is 17.3 Å². The lowest BCUT2D eigenvalue weighted by molar-refractivity contribution is 0.0600. The van der Waals surface area contributed by atoms with Crippen molar-refractivity contribution in [3.63, 3.8) is 0 Å². The van der Waals surface area contributed by atoms with Crippen LogP contribution in [0.2, 0.25) is 5.02 Å². The van der Waals surface area contributed by atoms with Gasteiger partial charge in [0.1, 0.15) is 17.2 Å². The standard InChI is InChI=1S/C13H11ClFN3O2/c1-6-10(13(19)20-2)11(16)18-12(17-6)7-3-4-9(15)8(14)5-7/h3-5H,1-2H3,(H2,16,17,18). The third-order valence-electron chi connectivity index (χ3n) is 2.69. The Balaban J connectivity index is 2.54. The van der Waals surface area contributed by atoms with E-state index >= 15 is 0 Å². The van der Waals surface area contributed by atoms with Gasteiger partial charge in [0, 0.05) is 5.56 Å². The number of carbonyl (C=O) groups excluding carboxylic acids is 1. The Labute approximate surface area is 119 Å². The van der Waals surface area contributed by atoms with Gasteiger partial charge >= 0.3 is 5.97 Å². The molecule has 2 aromatic rings. The fourth-order valence-electron chi connectivity index (χ4n) is 1.71. The molecule has 0 fully saturated rings. The number of hydrogen-bond donors (Lipinski definition) is 1. The number of methoxy groups -OCH3 is 1. The SMILES string of the molecule is COC(=O)c1c(C)nc(-c2ccc(F)c(Cl)c2)nc1N. The third-order valence-corrected chi connectivity index (χ3v) is 2.97. The number of benzene rings is 1. The number of hydrogen-bond acceptors (Lipinski definition) is 5. The molecule has 1 heterocycles. The van der Waals surface area contributed by atoms with Crippen LogP contribution >= 0.6 is 11.6 Å². The van der Waals surface area contributed by atoms with E-state index in [0.29, 0.717) is 11.3 Å². The van der Waals surface area contributed by atoms with E-state index in [1.807, 2.05) is 0 Å². The van der Waals surface area contributed by atoms with Gasteiger partial charge in [-0.3, -0.25) is 0 Å². The molecule has 0 spiro atoms. The first-order chi connectivity index (χ1) is 9.43. The van der Waals surface area contributed by atoms with Crippen molar-refractivity contribution in [1.29, 1.82) is 0 Å². The lowest BCUT2D eigenvalue weighted by atomic mass is 10.1. The lowest BCUT2D eigenvalue weighted by Gasteiger charge is -2.09. The molecule has 0 aliphatic heterocycles. The summed E-state index contributed by atoms with van der Waals surface area (Å²) in [4.78, 5) is 19.7. The number of anilines is 1. The third kappa shape index (κ3) is 2.55. The molecule has 0 saturated carbocycles. The zero-order valence-corrected chi connectivity index (χ0v) is 11.5. The lowest BCUT2D eigenvalue weighted by Crippen LogP contribution is -2.12. The van der Waals surface area contributed by atoms with Crippen LogP contribution in [0.1, 0.15) is 16.1 Å². The molecule has 2 rings (SSSR count). The van der Waals surface area contributed by atoms with Crippen LogP contribution in [0, 0.1) is 12.7 Å². The van der Waals surface area contributed by atoms with Crippen molar-refractivity contribution < 1.29 is 13.9 Å². The van der Waals surface area contributed by atoms with Gasteiger partial charge in [0.25, 0.3) is 0 Å². The van der Waals surface area contributed by atoms with E-state index in [1.54, 1.807) is 6.92 Å². The molecule has 0 aliphatic carbocycles. The number of nitrogens with zero attached hydrogens (tertiary/aromatic N) is 2. The first-order valence-electron chi connectivity index (χ1n) is 5.62. The minimum atomic E-state index is -0.608. The number of aromatic nitrogens is 2. The Bertz CT molecular complexity index is 668. The molecule has 1 aromatic carbocycles. The first kappa shape index (κ1) is 14.2. The maximum absolute atomic E-state index is 13.1. The molecule has 7 heteroatoms. The molecule has 0 saturated heterocycles. The zero-order valence-electron chi connectivity index (χ0n) is 10.8. The molecule has 0 atom stereocenters. The van der Waals surface area contributed by atoms with Gasteiger partial charge in [-0.05, 0) is 25.1 Å². The van der Waals surface area contributed by atoms with E-state index in [1.165, 1.54) is 25.3 Å². The number of nitrogens with two attached hydrogens (primary N) is 1. The van der Waals surface area contributed by atoms with Gasteiger partial charge in [0.15, 0.2) is 5.82 Å². The number of aryl methyl sites for hydroxylation is 1. The normalized spacial score (nSPS) is 10.4. The fraction of sp³-hybridized carbons (Fsp3) is 0.154. The average molecular weight is 296 g/mol. The van der Waals surface area contributed by atoms with Crippen LogP contribution in [0.15, 0.2) is 18.2 Å². The van der Waals surface area contributed by atoms with Gasteiger partial charge in [-0.15, -0.1) is 0 Å². The smallest absolute Gasteiger partial charge is 0.343 e. The van der Waals surface area contributed by atoms with Gasteiger partial charge in [-0.1, -0.05) is 11.6 Å². The Hall–Kier alpha value is -2.21. The number of esters is 1. The molecule has 2 N–H and O–H groups in total. The summed E-state index contributed by atoms with van der Waals surface area (Å²) in [6.07, 6.45) is 0. The summed E-state index contributed by atoms with van der Waals surface area (Å²) in [6, 6.07) is 4.08. The highest BCUT2D eigenvalue weighted by Gasteiger charge is 2.18. The fourth-order valence-corrected chi connectivity index (χ4v) is 1.89. The summed E-state index contributed by atoms with van der Waals surface area (Å²) in [5.74, 6) is -0.885. The number of nitrogen functional groups attached to an aromatic ring is 1. The molecule has 104 valence electrons. The second-order valence-corrected chi connectivity index (χ2v) is 4.42. The Morgan fingerprint density at radius 1 is 1.40 bits per heavy atom. The van der Waals surface area contributed by atoms with Crippen molar-refractivity contribution in [3.8, 4) is 11.4 Å². The average Bonchev–Trinajstić information content (AvgIpc) is 2.40. The highest BCUT2D eigenvalue weighted by molar-refractivity contribution is 6.31. The monoisotopic (exact) mass is 295 g/mol. The quantitative estimate of drug-likeness (QED) is 0.862. The van der Waals surface area contributed by atoms with E-state index < -0.39 is 11.8 Å².